The summed E-state index contributed by atoms with van der Waals surface area (Å²) in [7, 11) is 0. The van der Waals surface area contributed by atoms with Crippen LogP contribution in [0.15, 0.2) is 65.1 Å². The number of ether oxygens (including phenoxy) is 2. The van der Waals surface area contributed by atoms with Crippen molar-refractivity contribution >= 4 is 16.9 Å². The summed E-state index contributed by atoms with van der Waals surface area (Å²) in [5.41, 5.74) is 12.9. The van der Waals surface area contributed by atoms with Gasteiger partial charge in [-0.2, -0.15) is 0 Å². The van der Waals surface area contributed by atoms with Gasteiger partial charge in [-0.1, -0.05) is 57.2 Å². The van der Waals surface area contributed by atoms with Crippen molar-refractivity contribution in [3.8, 4) is 16.9 Å². The van der Waals surface area contributed by atoms with Crippen LogP contribution in [0.5, 0.6) is 5.75 Å². The minimum atomic E-state index is -0.261. The molecular weight excluding hydrogens is 450 g/mol. The average molecular weight is 488 g/mol. The quantitative estimate of drug-likeness (QED) is 0.254. The lowest BCUT2D eigenvalue weighted by molar-refractivity contribution is -0.142. The van der Waals surface area contributed by atoms with Gasteiger partial charge in [0.05, 0.1) is 13.0 Å². The molecule has 3 aromatic carbocycles. The lowest BCUT2D eigenvalue weighted by atomic mass is 10.00. The zero-order valence-electron chi connectivity index (χ0n) is 22.0. The summed E-state index contributed by atoms with van der Waals surface area (Å²) in [4.78, 5) is 12.1. The van der Waals surface area contributed by atoms with Crippen molar-refractivity contribution in [3.63, 3.8) is 0 Å². The molecule has 0 atom stereocenters. The van der Waals surface area contributed by atoms with Crippen molar-refractivity contribution < 1.29 is 18.7 Å². The molecule has 0 spiro atoms. The van der Waals surface area contributed by atoms with Gasteiger partial charge in [-0.3, -0.25) is 4.79 Å². The lowest BCUT2D eigenvalue weighted by Gasteiger charge is -2.13. The molecule has 4 rings (SSSR count). The van der Waals surface area contributed by atoms with Crippen molar-refractivity contribution in [3.05, 3.63) is 88.7 Å². The Labute approximate surface area is 214 Å². The van der Waals surface area contributed by atoms with Crippen LogP contribution < -0.4 is 10.5 Å². The van der Waals surface area contributed by atoms with Gasteiger partial charge in [0.15, 0.2) is 0 Å². The number of carbonyl (C=O) groups is 1. The van der Waals surface area contributed by atoms with Crippen LogP contribution in [0.3, 0.4) is 0 Å². The van der Waals surface area contributed by atoms with E-state index in [1.807, 2.05) is 57.2 Å². The first-order valence-electron chi connectivity index (χ1n) is 12.7. The van der Waals surface area contributed by atoms with E-state index in [4.69, 9.17) is 19.6 Å². The van der Waals surface area contributed by atoms with Crippen molar-refractivity contribution in [1.82, 2.24) is 0 Å². The Morgan fingerprint density at radius 3 is 2.47 bits per heavy atom. The predicted molar refractivity (Wildman–Crippen MR) is 146 cm³/mol. The van der Waals surface area contributed by atoms with E-state index in [-0.39, 0.29) is 12.4 Å². The Morgan fingerprint density at radius 2 is 1.75 bits per heavy atom. The molecule has 1 heterocycles. The standard InChI is InChI=1S/C29H31NO4.C2H6/c1-4-26-25(18-33-28-13-19(3)9-10-23(28)16-29(31)32-5-2)24-15-22(11-12-27(24)34-26)21-8-6-7-20(14-21)17-30;1-2/h6-15H,4-5,16-18,30H2,1-3H3;1-2H3. The Kier molecular flexibility index (Phi) is 9.71. The molecule has 0 saturated carbocycles. The normalized spacial score (nSPS) is 10.6. The molecule has 36 heavy (non-hydrogen) atoms. The summed E-state index contributed by atoms with van der Waals surface area (Å²) in [6, 6.07) is 20.4. The van der Waals surface area contributed by atoms with E-state index in [0.29, 0.717) is 25.5 Å². The predicted octanol–water partition coefficient (Wildman–Crippen LogP) is 7.14. The number of hydrogen-bond acceptors (Lipinski definition) is 5. The Balaban J connectivity index is 0.00000176. The van der Waals surface area contributed by atoms with E-state index in [1.165, 1.54) is 0 Å². The van der Waals surface area contributed by atoms with E-state index in [0.717, 1.165) is 56.5 Å². The SMILES string of the molecule is CC.CCOC(=O)Cc1ccc(C)cc1OCc1c(CC)oc2ccc(-c3cccc(CN)c3)cc12. The minimum absolute atomic E-state index is 0.178. The maximum atomic E-state index is 12.1. The number of esters is 1. The molecular formula is C31H37NO4. The Bertz CT molecular complexity index is 1310. The van der Waals surface area contributed by atoms with Crippen LogP contribution in [0.4, 0.5) is 0 Å². The first-order chi connectivity index (χ1) is 17.5. The van der Waals surface area contributed by atoms with E-state index in [9.17, 15) is 4.79 Å². The molecule has 190 valence electrons. The van der Waals surface area contributed by atoms with Crippen LogP contribution in [-0.2, 0) is 35.5 Å². The van der Waals surface area contributed by atoms with Crippen molar-refractivity contribution in [2.24, 2.45) is 5.73 Å². The van der Waals surface area contributed by atoms with Crippen LogP contribution in [-0.4, -0.2) is 12.6 Å². The molecule has 0 bridgehead atoms. The van der Waals surface area contributed by atoms with Gasteiger partial charge < -0.3 is 19.6 Å². The fraction of sp³-hybridized carbons (Fsp3) is 0.323. The number of rotatable bonds is 9. The molecule has 2 N–H and O–H groups in total. The average Bonchev–Trinajstić information content (AvgIpc) is 3.27. The van der Waals surface area contributed by atoms with Crippen molar-refractivity contribution in [2.45, 2.75) is 60.6 Å². The number of fused-ring (bicyclic) bond motifs is 1. The number of hydrogen-bond donors (Lipinski definition) is 1. The molecule has 0 fully saturated rings. The minimum Gasteiger partial charge on any atom is -0.488 e. The summed E-state index contributed by atoms with van der Waals surface area (Å²) >= 11 is 0. The highest BCUT2D eigenvalue weighted by molar-refractivity contribution is 5.87. The maximum Gasteiger partial charge on any atom is 0.310 e. The monoisotopic (exact) mass is 487 g/mol. The van der Waals surface area contributed by atoms with Crippen molar-refractivity contribution in [1.29, 1.82) is 0 Å². The van der Waals surface area contributed by atoms with Gasteiger partial charge >= 0.3 is 5.97 Å². The fourth-order valence-corrected chi connectivity index (χ4v) is 4.16. The van der Waals surface area contributed by atoms with Gasteiger partial charge in [0.25, 0.3) is 0 Å². The van der Waals surface area contributed by atoms with Gasteiger partial charge in [0.2, 0.25) is 0 Å². The Morgan fingerprint density at radius 1 is 0.972 bits per heavy atom. The molecule has 0 aliphatic rings. The third-order valence-electron chi connectivity index (χ3n) is 5.93. The molecule has 0 aliphatic carbocycles. The van der Waals surface area contributed by atoms with E-state index < -0.39 is 0 Å². The van der Waals surface area contributed by atoms with Crippen LogP contribution in [0.2, 0.25) is 0 Å². The second-order valence-electron chi connectivity index (χ2n) is 8.35. The zero-order valence-corrected chi connectivity index (χ0v) is 22.0. The van der Waals surface area contributed by atoms with Gasteiger partial charge in [-0.25, -0.2) is 0 Å². The summed E-state index contributed by atoms with van der Waals surface area (Å²) in [6.45, 7) is 11.1. The number of carbonyl (C=O) groups excluding carboxylic acids is 1. The van der Waals surface area contributed by atoms with Gasteiger partial charge in [-0.15, -0.1) is 0 Å². The molecule has 0 radical (unpaired) electrons. The summed E-state index contributed by atoms with van der Waals surface area (Å²) < 4.78 is 17.6. The highest BCUT2D eigenvalue weighted by Crippen LogP contribution is 2.33. The van der Waals surface area contributed by atoms with E-state index in [2.05, 4.69) is 31.2 Å². The molecule has 1 aromatic heterocycles. The lowest BCUT2D eigenvalue weighted by Crippen LogP contribution is -2.09. The highest BCUT2D eigenvalue weighted by atomic mass is 16.5. The summed E-state index contributed by atoms with van der Waals surface area (Å²) in [6.07, 6.45) is 0.937. The van der Waals surface area contributed by atoms with Crippen molar-refractivity contribution in [2.75, 3.05) is 6.61 Å². The Hall–Kier alpha value is -3.57. The molecule has 4 aromatic rings. The van der Waals surface area contributed by atoms with Crippen LogP contribution in [0.25, 0.3) is 22.1 Å². The molecule has 0 amide bonds. The summed E-state index contributed by atoms with van der Waals surface area (Å²) in [5, 5.41) is 1.03. The zero-order chi connectivity index (χ0) is 26.1. The number of aryl methyl sites for hydroxylation is 2. The largest absolute Gasteiger partial charge is 0.488 e. The number of nitrogens with two attached hydrogens (primary N) is 1. The molecule has 5 heteroatoms. The molecule has 0 saturated heterocycles. The van der Waals surface area contributed by atoms with Gasteiger partial charge in [-0.05, 0) is 60.4 Å². The molecule has 0 unspecified atom stereocenters. The van der Waals surface area contributed by atoms with E-state index >= 15 is 0 Å². The van der Waals surface area contributed by atoms with Crippen LogP contribution >= 0.6 is 0 Å². The number of benzene rings is 3. The maximum absolute atomic E-state index is 12.1. The van der Waals surface area contributed by atoms with Gasteiger partial charge in [0.1, 0.15) is 23.7 Å². The third kappa shape index (κ3) is 6.35. The third-order valence-corrected chi connectivity index (χ3v) is 5.93. The van der Waals surface area contributed by atoms with Crippen LogP contribution in [0, 0.1) is 6.92 Å². The highest BCUT2D eigenvalue weighted by Gasteiger charge is 2.17. The summed E-state index contributed by atoms with van der Waals surface area (Å²) in [5.74, 6) is 1.34. The first kappa shape index (κ1) is 27.0. The second-order valence-corrected chi connectivity index (χ2v) is 8.35. The van der Waals surface area contributed by atoms with E-state index in [1.54, 1.807) is 6.92 Å². The number of furan rings is 1. The first-order valence-corrected chi connectivity index (χ1v) is 12.7. The van der Waals surface area contributed by atoms with Gasteiger partial charge in [0, 0.05) is 29.5 Å². The van der Waals surface area contributed by atoms with Crippen LogP contribution in [0.1, 0.15) is 55.7 Å². The topological polar surface area (TPSA) is 74.7 Å². The second kappa shape index (κ2) is 12.9. The smallest absolute Gasteiger partial charge is 0.310 e. The molecule has 0 aliphatic heterocycles. The fourth-order valence-electron chi connectivity index (χ4n) is 4.16. The molecule has 5 nitrogen and oxygen atoms in total.